The van der Waals surface area contributed by atoms with Gasteiger partial charge in [-0.15, -0.1) is 0 Å². The van der Waals surface area contributed by atoms with Crippen LogP contribution >= 0.6 is 0 Å². The predicted octanol–water partition coefficient (Wildman–Crippen LogP) is 3.90. The van der Waals surface area contributed by atoms with Crippen molar-refractivity contribution >= 4 is 28.9 Å². The van der Waals surface area contributed by atoms with Crippen molar-refractivity contribution in [3.05, 3.63) is 54.1 Å². The molecule has 1 aliphatic carbocycles. The Bertz CT molecular complexity index is 865. The second-order valence-electron chi connectivity index (χ2n) is 8.00. The summed E-state index contributed by atoms with van der Waals surface area (Å²) in [5.74, 6) is 0.0441. The molecule has 2 aromatic rings. The number of morpholine rings is 1. The van der Waals surface area contributed by atoms with Crippen LogP contribution in [0, 0.1) is 5.92 Å². The number of nitrogens with one attached hydrogen (secondary N) is 2. The van der Waals surface area contributed by atoms with Gasteiger partial charge in [0, 0.05) is 41.6 Å². The standard InChI is InChI=1S/C23H27N3O3/c1-15-13-26(14-16(2)29-15)21-11-9-20(10-12-21)25-23(28)18-5-7-19(8-6-18)24-22(27)17-3-4-17/h5-12,15-17H,3-4,13-14H2,1-2H3,(H,24,27)(H,25,28). The van der Waals surface area contributed by atoms with Crippen LogP contribution in [0.4, 0.5) is 17.1 Å². The average Bonchev–Trinajstić information content (AvgIpc) is 3.54. The molecule has 1 aliphatic heterocycles. The van der Waals surface area contributed by atoms with Crippen LogP contribution in [0.25, 0.3) is 0 Å². The first-order valence-corrected chi connectivity index (χ1v) is 10.2. The van der Waals surface area contributed by atoms with E-state index in [0.717, 1.165) is 43.0 Å². The molecule has 152 valence electrons. The van der Waals surface area contributed by atoms with Crippen molar-refractivity contribution in [1.29, 1.82) is 0 Å². The second kappa shape index (κ2) is 8.25. The van der Waals surface area contributed by atoms with E-state index in [9.17, 15) is 9.59 Å². The number of anilines is 3. The van der Waals surface area contributed by atoms with Crippen molar-refractivity contribution < 1.29 is 14.3 Å². The van der Waals surface area contributed by atoms with E-state index < -0.39 is 0 Å². The van der Waals surface area contributed by atoms with E-state index in [1.54, 1.807) is 24.3 Å². The van der Waals surface area contributed by atoms with Crippen molar-refractivity contribution in [3.63, 3.8) is 0 Å². The van der Waals surface area contributed by atoms with E-state index in [0.29, 0.717) is 5.56 Å². The minimum atomic E-state index is -0.175. The lowest BCUT2D eigenvalue weighted by molar-refractivity contribution is -0.117. The zero-order valence-corrected chi connectivity index (χ0v) is 16.9. The zero-order chi connectivity index (χ0) is 20.4. The molecule has 2 N–H and O–H groups in total. The molecule has 1 saturated carbocycles. The van der Waals surface area contributed by atoms with Gasteiger partial charge in [0.2, 0.25) is 5.91 Å². The minimum Gasteiger partial charge on any atom is -0.372 e. The van der Waals surface area contributed by atoms with Gasteiger partial charge in [0.1, 0.15) is 0 Å². The van der Waals surface area contributed by atoms with E-state index in [-0.39, 0.29) is 29.9 Å². The first-order chi connectivity index (χ1) is 14.0. The molecule has 4 rings (SSSR count). The average molecular weight is 393 g/mol. The normalized spacial score (nSPS) is 21.5. The SMILES string of the molecule is CC1CN(c2ccc(NC(=O)c3ccc(NC(=O)C4CC4)cc3)cc2)CC(C)O1. The molecule has 2 atom stereocenters. The van der Waals surface area contributed by atoms with Crippen LogP contribution in [0.2, 0.25) is 0 Å². The Morgan fingerprint density at radius 3 is 2.00 bits per heavy atom. The highest BCUT2D eigenvalue weighted by molar-refractivity contribution is 6.04. The third-order valence-electron chi connectivity index (χ3n) is 5.27. The molecular formula is C23H27N3O3. The molecule has 0 bridgehead atoms. The van der Waals surface area contributed by atoms with Crippen LogP contribution in [0.15, 0.2) is 48.5 Å². The number of amides is 2. The Balaban J connectivity index is 1.35. The number of nitrogens with zero attached hydrogens (tertiary/aromatic N) is 1. The number of carbonyl (C=O) groups is 2. The molecule has 1 saturated heterocycles. The summed E-state index contributed by atoms with van der Waals surface area (Å²) in [5, 5.41) is 5.80. The monoisotopic (exact) mass is 393 g/mol. The highest BCUT2D eigenvalue weighted by Gasteiger charge is 2.29. The summed E-state index contributed by atoms with van der Waals surface area (Å²) in [4.78, 5) is 26.6. The third kappa shape index (κ3) is 4.95. The molecule has 6 nitrogen and oxygen atoms in total. The molecule has 0 radical (unpaired) electrons. The molecule has 6 heteroatoms. The highest BCUT2D eigenvalue weighted by atomic mass is 16.5. The smallest absolute Gasteiger partial charge is 0.255 e. The molecule has 2 aliphatic rings. The summed E-state index contributed by atoms with van der Waals surface area (Å²) in [6.07, 6.45) is 2.34. The molecule has 0 aromatic heterocycles. The summed E-state index contributed by atoms with van der Waals surface area (Å²) in [7, 11) is 0. The van der Waals surface area contributed by atoms with Crippen LogP contribution in [0.3, 0.4) is 0 Å². The number of hydrogen-bond acceptors (Lipinski definition) is 4. The van der Waals surface area contributed by atoms with Crippen molar-refractivity contribution in [2.24, 2.45) is 5.92 Å². The summed E-state index contributed by atoms with van der Waals surface area (Å²) in [6, 6.07) is 14.9. The maximum Gasteiger partial charge on any atom is 0.255 e. The highest BCUT2D eigenvalue weighted by Crippen LogP contribution is 2.30. The Kier molecular flexibility index (Phi) is 5.53. The van der Waals surface area contributed by atoms with Crippen LogP contribution in [0.5, 0.6) is 0 Å². The summed E-state index contributed by atoms with van der Waals surface area (Å²) < 4.78 is 5.79. The molecule has 0 spiro atoms. The van der Waals surface area contributed by atoms with E-state index in [4.69, 9.17) is 4.74 Å². The first-order valence-electron chi connectivity index (χ1n) is 10.2. The van der Waals surface area contributed by atoms with Gasteiger partial charge < -0.3 is 20.3 Å². The maximum absolute atomic E-state index is 12.5. The number of benzene rings is 2. The van der Waals surface area contributed by atoms with Gasteiger partial charge in [0.05, 0.1) is 12.2 Å². The van der Waals surface area contributed by atoms with Gasteiger partial charge >= 0.3 is 0 Å². The van der Waals surface area contributed by atoms with Crippen molar-refractivity contribution in [2.45, 2.75) is 38.9 Å². The topological polar surface area (TPSA) is 70.7 Å². The van der Waals surface area contributed by atoms with Gasteiger partial charge in [-0.05, 0) is 75.2 Å². The fourth-order valence-electron chi connectivity index (χ4n) is 3.64. The summed E-state index contributed by atoms with van der Waals surface area (Å²) >= 11 is 0. The van der Waals surface area contributed by atoms with Crippen LogP contribution in [0.1, 0.15) is 37.0 Å². The van der Waals surface area contributed by atoms with Gasteiger partial charge in [-0.25, -0.2) is 0 Å². The lowest BCUT2D eigenvalue weighted by atomic mass is 10.1. The van der Waals surface area contributed by atoms with E-state index in [1.807, 2.05) is 24.3 Å². The van der Waals surface area contributed by atoms with Gasteiger partial charge in [0.15, 0.2) is 0 Å². The van der Waals surface area contributed by atoms with E-state index >= 15 is 0 Å². The Morgan fingerprint density at radius 1 is 0.862 bits per heavy atom. The van der Waals surface area contributed by atoms with Crippen molar-refractivity contribution in [3.8, 4) is 0 Å². The number of hydrogen-bond donors (Lipinski definition) is 2. The number of ether oxygens (including phenoxy) is 1. The van der Waals surface area contributed by atoms with Gasteiger partial charge in [0.25, 0.3) is 5.91 Å². The van der Waals surface area contributed by atoms with Crippen molar-refractivity contribution in [2.75, 3.05) is 28.6 Å². The van der Waals surface area contributed by atoms with Gasteiger partial charge in [-0.3, -0.25) is 9.59 Å². The lowest BCUT2D eigenvalue weighted by Crippen LogP contribution is -2.45. The lowest BCUT2D eigenvalue weighted by Gasteiger charge is -2.36. The second-order valence-corrected chi connectivity index (χ2v) is 8.00. The van der Waals surface area contributed by atoms with E-state index in [2.05, 4.69) is 29.4 Å². The summed E-state index contributed by atoms with van der Waals surface area (Å²) in [5.41, 5.74) is 3.14. The third-order valence-corrected chi connectivity index (χ3v) is 5.27. The molecule has 2 aromatic carbocycles. The molecule has 2 unspecified atom stereocenters. The van der Waals surface area contributed by atoms with Gasteiger partial charge in [-0.2, -0.15) is 0 Å². The van der Waals surface area contributed by atoms with Gasteiger partial charge in [-0.1, -0.05) is 0 Å². The van der Waals surface area contributed by atoms with Crippen LogP contribution < -0.4 is 15.5 Å². The largest absolute Gasteiger partial charge is 0.372 e. The molecular weight excluding hydrogens is 366 g/mol. The minimum absolute atomic E-state index is 0.0614. The molecule has 1 heterocycles. The van der Waals surface area contributed by atoms with Crippen LogP contribution in [-0.4, -0.2) is 37.1 Å². The first kappa shape index (κ1) is 19.5. The molecule has 29 heavy (non-hydrogen) atoms. The molecule has 2 fully saturated rings. The Hall–Kier alpha value is -2.86. The predicted molar refractivity (Wildman–Crippen MR) is 114 cm³/mol. The zero-order valence-electron chi connectivity index (χ0n) is 16.9. The fraction of sp³-hybridized carbons (Fsp3) is 0.391. The van der Waals surface area contributed by atoms with Crippen molar-refractivity contribution in [1.82, 2.24) is 0 Å². The quantitative estimate of drug-likeness (QED) is 0.808. The molecule has 2 amide bonds. The maximum atomic E-state index is 12.5. The van der Waals surface area contributed by atoms with Crippen LogP contribution in [-0.2, 0) is 9.53 Å². The Morgan fingerprint density at radius 2 is 1.41 bits per heavy atom. The Labute approximate surface area is 171 Å². The fourth-order valence-corrected chi connectivity index (χ4v) is 3.64. The number of rotatable bonds is 5. The summed E-state index contributed by atoms with van der Waals surface area (Å²) in [6.45, 7) is 5.89. The number of carbonyl (C=O) groups excluding carboxylic acids is 2. The van der Waals surface area contributed by atoms with E-state index in [1.165, 1.54) is 0 Å².